The Bertz CT molecular complexity index is 350. The van der Waals surface area contributed by atoms with E-state index in [2.05, 4.69) is 17.2 Å². The van der Waals surface area contributed by atoms with Gasteiger partial charge in [0.25, 0.3) is 0 Å². The van der Waals surface area contributed by atoms with E-state index in [1.54, 1.807) is 0 Å². The van der Waals surface area contributed by atoms with Gasteiger partial charge in [-0.3, -0.25) is 0 Å². The molecule has 4 nitrogen and oxygen atoms in total. The summed E-state index contributed by atoms with van der Waals surface area (Å²) >= 11 is 0. The van der Waals surface area contributed by atoms with Crippen LogP contribution in [0, 0.1) is 5.92 Å². The first-order valence-corrected chi connectivity index (χ1v) is 6.01. The summed E-state index contributed by atoms with van der Waals surface area (Å²) in [5, 5.41) is 13.9. The number of rotatable bonds is 3. The van der Waals surface area contributed by atoms with E-state index in [4.69, 9.17) is 0 Å². The number of aryl methyl sites for hydroxylation is 2. The topological polar surface area (TPSA) is 50.1 Å². The van der Waals surface area contributed by atoms with Crippen LogP contribution < -0.4 is 5.32 Å². The zero-order chi connectivity index (χ0) is 11.6. The highest BCUT2D eigenvalue weighted by atomic mass is 16.3. The van der Waals surface area contributed by atoms with Gasteiger partial charge in [-0.2, -0.15) is 0 Å². The van der Waals surface area contributed by atoms with Crippen LogP contribution in [-0.4, -0.2) is 33.3 Å². The Morgan fingerprint density at radius 3 is 3.12 bits per heavy atom. The molecule has 2 heterocycles. The third-order valence-corrected chi connectivity index (χ3v) is 3.81. The highest BCUT2D eigenvalue weighted by Crippen LogP contribution is 2.28. The van der Waals surface area contributed by atoms with E-state index in [9.17, 15) is 5.11 Å². The second kappa shape index (κ2) is 4.55. The molecule has 0 radical (unpaired) electrons. The molecule has 2 rings (SSSR count). The van der Waals surface area contributed by atoms with Crippen LogP contribution in [0.1, 0.15) is 25.6 Å². The van der Waals surface area contributed by atoms with Crippen molar-refractivity contribution in [2.75, 3.05) is 13.1 Å². The molecule has 4 heteroatoms. The minimum absolute atomic E-state index is 0.321. The molecule has 0 amide bonds. The van der Waals surface area contributed by atoms with Crippen LogP contribution in [0.3, 0.4) is 0 Å². The number of aliphatic hydroxyl groups is 1. The maximum absolute atomic E-state index is 10.6. The Labute approximate surface area is 96.7 Å². The molecule has 2 N–H and O–H groups in total. The van der Waals surface area contributed by atoms with Gasteiger partial charge in [0.2, 0.25) is 0 Å². The second-order valence-corrected chi connectivity index (χ2v) is 4.91. The van der Waals surface area contributed by atoms with E-state index in [1.807, 2.05) is 24.0 Å². The monoisotopic (exact) mass is 223 g/mol. The standard InChI is InChI=1S/C12H21N3O/c1-10-9-13-6-5-12(10,16)4-3-11-14-7-8-15(11)2/h7-8,10,13,16H,3-6,9H2,1-2H3. The molecule has 1 aromatic rings. The molecule has 0 aromatic carbocycles. The molecule has 1 aliphatic heterocycles. The summed E-state index contributed by atoms with van der Waals surface area (Å²) in [6.07, 6.45) is 6.26. The van der Waals surface area contributed by atoms with Crippen molar-refractivity contribution in [3.05, 3.63) is 18.2 Å². The summed E-state index contributed by atoms with van der Waals surface area (Å²) in [4.78, 5) is 4.29. The average Bonchev–Trinajstić information content (AvgIpc) is 2.66. The summed E-state index contributed by atoms with van der Waals surface area (Å²) in [5.74, 6) is 1.38. The van der Waals surface area contributed by atoms with Crippen LogP contribution in [0.15, 0.2) is 12.4 Å². The van der Waals surface area contributed by atoms with E-state index in [0.29, 0.717) is 5.92 Å². The molecule has 2 unspecified atom stereocenters. The zero-order valence-electron chi connectivity index (χ0n) is 10.1. The van der Waals surface area contributed by atoms with Gasteiger partial charge in [0, 0.05) is 32.4 Å². The number of piperidine rings is 1. The average molecular weight is 223 g/mol. The van der Waals surface area contributed by atoms with Gasteiger partial charge in [-0.25, -0.2) is 4.98 Å². The van der Waals surface area contributed by atoms with Crippen molar-refractivity contribution in [1.82, 2.24) is 14.9 Å². The number of aromatic nitrogens is 2. The van der Waals surface area contributed by atoms with Crippen LogP contribution >= 0.6 is 0 Å². The lowest BCUT2D eigenvalue weighted by molar-refractivity contribution is -0.0406. The van der Waals surface area contributed by atoms with E-state index in [1.165, 1.54) is 0 Å². The Hall–Kier alpha value is -0.870. The van der Waals surface area contributed by atoms with Crippen molar-refractivity contribution in [2.24, 2.45) is 13.0 Å². The Kier molecular flexibility index (Phi) is 3.30. The van der Waals surface area contributed by atoms with Crippen LogP contribution in [0.4, 0.5) is 0 Å². The largest absolute Gasteiger partial charge is 0.389 e. The lowest BCUT2D eigenvalue weighted by Crippen LogP contribution is -2.49. The molecule has 0 spiro atoms. The number of hydrogen-bond donors (Lipinski definition) is 2. The van der Waals surface area contributed by atoms with E-state index < -0.39 is 5.60 Å². The van der Waals surface area contributed by atoms with Crippen LogP contribution in [0.25, 0.3) is 0 Å². The first-order valence-electron chi connectivity index (χ1n) is 6.01. The quantitative estimate of drug-likeness (QED) is 0.793. The van der Waals surface area contributed by atoms with E-state index in [-0.39, 0.29) is 0 Å². The fourth-order valence-electron chi connectivity index (χ4n) is 2.40. The minimum atomic E-state index is -0.517. The molecule has 0 aliphatic carbocycles. The van der Waals surface area contributed by atoms with E-state index >= 15 is 0 Å². The van der Waals surface area contributed by atoms with Gasteiger partial charge in [-0.05, 0) is 25.3 Å². The predicted molar refractivity (Wildman–Crippen MR) is 63.1 cm³/mol. The Balaban J connectivity index is 1.96. The Morgan fingerprint density at radius 2 is 2.50 bits per heavy atom. The van der Waals surface area contributed by atoms with Gasteiger partial charge in [0.1, 0.15) is 5.82 Å². The van der Waals surface area contributed by atoms with Crippen molar-refractivity contribution in [2.45, 2.75) is 31.8 Å². The summed E-state index contributed by atoms with van der Waals surface area (Å²) in [7, 11) is 2.00. The second-order valence-electron chi connectivity index (χ2n) is 4.91. The van der Waals surface area contributed by atoms with E-state index in [0.717, 1.165) is 38.2 Å². The van der Waals surface area contributed by atoms with Crippen molar-refractivity contribution < 1.29 is 5.11 Å². The smallest absolute Gasteiger partial charge is 0.108 e. The highest BCUT2D eigenvalue weighted by Gasteiger charge is 2.35. The van der Waals surface area contributed by atoms with Gasteiger partial charge in [-0.1, -0.05) is 6.92 Å². The molecule has 2 atom stereocenters. The zero-order valence-corrected chi connectivity index (χ0v) is 10.1. The highest BCUT2D eigenvalue weighted by molar-refractivity contribution is 4.96. The first kappa shape index (κ1) is 11.6. The third-order valence-electron chi connectivity index (χ3n) is 3.81. The van der Waals surface area contributed by atoms with Crippen LogP contribution in [0.2, 0.25) is 0 Å². The maximum Gasteiger partial charge on any atom is 0.108 e. The predicted octanol–water partition coefficient (Wildman–Crippen LogP) is 0.713. The fraction of sp³-hybridized carbons (Fsp3) is 0.750. The molecule has 0 bridgehead atoms. The summed E-state index contributed by atoms with van der Waals surface area (Å²) in [6, 6.07) is 0. The molecule has 1 saturated heterocycles. The Morgan fingerprint density at radius 1 is 1.69 bits per heavy atom. The van der Waals surface area contributed by atoms with Crippen molar-refractivity contribution in [3.63, 3.8) is 0 Å². The van der Waals surface area contributed by atoms with Gasteiger partial charge < -0.3 is 15.0 Å². The molecule has 16 heavy (non-hydrogen) atoms. The number of imidazole rings is 1. The molecular weight excluding hydrogens is 202 g/mol. The maximum atomic E-state index is 10.6. The molecule has 1 aliphatic rings. The van der Waals surface area contributed by atoms with Gasteiger partial charge in [0.15, 0.2) is 0 Å². The number of hydrogen-bond acceptors (Lipinski definition) is 3. The molecule has 0 saturated carbocycles. The summed E-state index contributed by atoms with van der Waals surface area (Å²) in [6.45, 7) is 3.95. The minimum Gasteiger partial charge on any atom is -0.389 e. The molecule has 1 fully saturated rings. The normalized spacial score (nSPS) is 30.6. The summed E-state index contributed by atoms with van der Waals surface area (Å²) < 4.78 is 2.02. The number of nitrogens with zero attached hydrogens (tertiary/aromatic N) is 2. The van der Waals surface area contributed by atoms with Crippen LogP contribution in [-0.2, 0) is 13.5 Å². The van der Waals surface area contributed by atoms with Gasteiger partial charge in [0.05, 0.1) is 5.60 Å². The summed E-state index contributed by atoms with van der Waals surface area (Å²) in [5.41, 5.74) is -0.517. The lowest BCUT2D eigenvalue weighted by atomic mass is 9.79. The van der Waals surface area contributed by atoms with Gasteiger partial charge >= 0.3 is 0 Å². The molecular formula is C12H21N3O. The number of nitrogens with one attached hydrogen (secondary N) is 1. The SMILES string of the molecule is CC1CNCCC1(O)CCc1nccn1C. The lowest BCUT2D eigenvalue weighted by Gasteiger charge is -2.38. The first-order chi connectivity index (χ1) is 7.62. The van der Waals surface area contributed by atoms with Gasteiger partial charge in [-0.15, -0.1) is 0 Å². The third kappa shape index (κ3) is 2.28. The molecule has 1 aromatic heterocycles. The molecule has 90 valence electrons. The van der Waals surface area contributed by atoms with Crippen molar-refractivity contribution in [3.8, 4) is 0 Å². The van der Waals surface area contributed by atoms with Crippen molar-refractivity contribution >= 4 is 0 Å². The van der Waals surface area contributed by atoms with Crippen molar-refractivity contribution in [1.29, 1.82) is 0 Å². The van der Waals surface area contributed by atoms with Crippen LogP contribution in [0.5, 0.6) is 0 Å². The fourth-order valence-corrected chi connectivity index (χ4v) is 2.40.